The summed E-state index contributed by atoms with van der Waals surface area (Å²) < 4.78 is 0. The summed E-state index contributed by atoms with van der Waals surface area (Å²) in [7, 11) is 0. The Morgan fingerprint density at radius 1 is 1.40 bits per heavy atom. The van der Waals surface area contributed by atoms with Gasteiger partial charge in [-0.2, -0.15) is 0 Å². The van der Waals surface area contributed by atoms with Gasteiger partial charge in [-0.05, 0) is 50.3 Å². The monoisotopic (exact) mass is 344 g/mol. The van der Waals surface area contributed by atoms with Crippen LogP contribution < -0.4 is 16.0 Å². The Hall–Kier alpha value is -1.46. The number of fused-ring (bicyclic) bond motifs is 1. The lowest BCUT2D eigenvalue weighted by atomic mass is 9.91. The zero-order valence-corrected chi connectivity index (χ0v) is 15.4. The molecule has 25 heavy (non-hydrogen) atoms. The van der Waals surface area contributed by atoms with Crippen LogP contribution in [0, 0.1) is 0 Å². The molecule has 1 aromatic rings. The second kappa shape index (κ2) is 9.30. The molecule has 2 aliphatic rings. The van der Waals surface area contributed by atoms with Gasteiger partial charge >= 0.3 is 0 Å². The molecule has 0 aromatic carbocycles. The van der Waals surface area contributed by atoms with E-state index in [0.717, 1.165) is 57.3 Å². The van der Waals surface area contributed by atoms with E-state index in [1.165, 1.54) is 18.4 Å². The number of aromatic nitrogens is 1. The van der Waals surface area contributed by atoms with Crippen molar-refractivity contribution >= 4 is 5.91 Å². The lowest BCUT2D eigenvalue weighted by Crippen LogP contribution is -2.49. The molecule has 1 aliphatic heterocycles. The van der Waals surface area contributed by atoms with E-state index in [1.54, 1.807) is 0 Å². The minimum absolute atomic E-state index is 0.120. The molecule has 0 spiro atoms. The molecule has 1 fully saturated rings. The van der Waals surface area contributed by atoms with Crippen LogP contribution in [0.3, 0.4) is 0 Å². The van der Waals surface area contributed by atoms with E-state index in [9.17, 15) is 4.79 Å². The van der Waals surface area contributed by atoms with Crippen LogP contribution in [0.2, 0.25) is 0 Å². The van der Waals surface area contributed by atoms with Gasteiger partial charge in [-0.3, -0.25) is 15.1 Å². The van der Waals surface area contributed by atoms with Crippen molar-refractivity contribution in [3.63, 3.8) is 0 Å². The highest BCUT2D eigenvalue weighted by molar-refractivity contribution is 5.82. The highest BCUT2D eigenvalue weighted by atomic mass is 16.2. The van der Waals surface area contributed by atoms with Crippen molar-refractivity contribution in [3.8, 4) is 0 Å². The van der Waals surface area contributed by atoms with Crippen LogP contribution in [0.4, 0.5) is 0 Å². The predicted molar refractivity (Wildman–Crippen MR) is 100 cm³/mol. The second-order valence-corrected chi connectivity index (χ2v) is 7.41. The number of hydrogen-bond acceptors (Lipinski definition) is 4. The van der Waals surface area contributed by atoms with Gasteiger partial charge in [-0.25, -0.2) is 0 Å². The Morgan fingerprint density at radius 3 is 3.12 bits per heavy atom. The van der Waals surface area contributed by atoms with E-state index in [0.29, 0.717) is 0 Å². The maximum atomic E-state index is 12.9. The van der Waals surface area contributed by atoms with Crippen LogP contribution in [-0.4, -0.2) is 36.1 Å². The molecule has 3 N–H and O–H groups in total. The summed E-state index contributed by atoms with van der Waals surface area (Å²) >= 11 is 0. The van der Waals surface area contributed by atoms with E-state index < -0.39 is 0 Å². The van der Waals surface area contributed by atoms with Crippen LogP contribution in [0.15, 0.2) is 18.3 Å². The molecule has 1 saturated heterocycles. The Bertz CT molecular complexity index is 556. The Labute approximate surface area is 151 Å². The third-order valence-electron chi connectivity index (χ3n) is 5.42. The molecule has 1 aromatic heterocycles. The minimum Gasteiger partial charge on any atom is -0.351 e. The third kappa shape index (κ3) is 5.02. The number of carbonyl (C=O) groups excluding carboxylic acids is 1. The van der Waals surface area contributed by atoms with Gasteiger partial charge in [0.05, 0.1) is 17.8 Å². The van der Waals surface area contributed by atoms with Crippen LogP contribution in [0.1, 0.15) is 69.2 Å². The Morgan fingerprint density at radius 2 is 2.32 bits per heavy atom. The second-order valence-electron chi connectivity index (χ2n) is 7.41. The molecular weight excluding hydrogens is 312 g/mol. The van der Waals surface area contributed by atoms with Gasteiger partial charge in [0.2, 0.25) is 5.91 Å². The SMILES string of the molecule is CCCCCC(NC1CCCc2cccnc21)C(=O)NC1CCNC1. The van der Waals surface area contributed by atoms with Gasteiger partial charge in [0.15, 0.2) is 0 Å². The first kappa shape index (κ1) is 18.3. The molecule has 5 heteroatoms. The molecule has 2 heterocycles. The van der Waals surface area contributed by atoms with Crippen molar-refractivity contribution in [3.05, 3.63) is 29.6 Å². The molecule has 3 rings (SSSR count). The fourth-order valence-corrected chi connectivity index (χ4v) is 3.98. The molecule has 1 aliphatic carbocycles. The maximum absolute atomic E-state index is 12.9. The van der Waals surface area contributed by atoms with E-state index in [2.05, 4.69) is 33.9 Å². The first-order valence-electron chi connectivity index (χ1n) is 9.99. The normalized spacial score (nSPS) is 23.9. The fourth-order valence-electron chi connectivity index (χ4n) is 3.98. The summed E-state index contributed by atoms with van der Waals surface area (Å²) in [5.41, 5.74) is 2.48. The largest absolute Gasteiger partial charge is 0.351 e. The molecule has 0 bridgehead atoms. The van der Waals surface area contributed by atoms with Crippen molar-refractivity contribution in [1.82, 2.24) is 20.9 Å². The zero-order valence-electron chi connectivity index (χ0n) is 15.4. The van der Waals surface area contributed by atoms with Crippen LogP contribution in [0.5, 0.6) is 0 Å². The number of carbonyl (C=O) groups is 1. The first-order valence-corrected chi connectivity index (χ1v) is 9.99. The summed E-state index contributed by atoms with van der Waals surface area (Å²) in [5, 5.41) is 10.2. The minimum atomic E-state index is -0.120. The number of pyridine rings is 1. The summed E-state index contributed by atoms with van der Waals surface area (Å²) in [6.07, 6.45) is 10.6. The van der Waals surface area contributed by atoms with Crippen molar-refractivity contribution in [2.24, 2.45) is 0 Å². The van der Waals surface area contributed by atoms with Crippen LogP contribution in [0.25, 0.3) is 0 Å². The summed E-state index contributed by atoms with van der Waals surface area (Å²) in [6, 6.07) is 4.54. The third-order valence-corrected chi connectivity index (χ3v) is 5.42. The van der Waals surface area contributed by atoms with Gasteiger partial charge in [-0.15, -0.1) is 0 Å². The maximum Gasteiger partial charge on any atom is 0.237 e. The summed E-state index contributed by atoms with van der Waals surface area (Å²) in [6.45, 7) is 4.09. The van der Waals surface area contributed by atoms with Gasteiger partial charge in [0.25, 0.3) is 0 Å². The van der Waals surface area contributed by atoms with E-state index in [1.807, 2.05) is 12.3 Å². The standard InChI is InChI=1S/C20H32N4O/c1-2-3-4-9-18(20(25)23-16-11-13-21-14-16)24-17-10-5-7-15-8-6-12-22-19(15)17/h6,8,12,16-18,21,24H,2-5,7,9-11,13-14H2,1H3,(H,23,25). The van der Waals surface area contributed by atoms with Crippen LogP contribution >= 0.6 is 0 Å². The van der Waals surface area contributed by atoms with Crippen LogP contribution in [-0.2, 0) is 11.2 Å². The number of nitrogens with zero attached hydrogens (tertiary/aromatic N) is 1. The van der Waals surface area contributed by atoms with Crippen molar-refractivity contribution < 1.29 is 4.79 Å². The number of rotatable bonds is 8. The van der Waals surface area contributed by atoms with Gasteiger partial charge in [0, 0.05) is 18.8 Å². The molecule has 3 atom stereocenters. The van der Waals surface area contributed by atoms with E-state index >= 15 is 0 Å². The Balaban J connectivity index is 1.65. The van der Waals surface area contributed by atoms with Gasteiger partial charge in [-0.1, -0.05) is 32.3 Å². The van der Waals surface area contributed by atoms with Gasteiger partial charge in [0.1, 0.15) is 0 Å². The average Bonchev–Trinajstić information content (AvgIpc) is 3.14. The van der Waals surface area contributed by atoms with E-state index in [-0.39, 0.29) is 24.0 Å². The molecule has 0 saturated carbocycles. The van der Waals surface area contributed by atoms with Gasteiger partial charge < -0.3 is 10.6 Å². The Kier molecular flexibility index (Phi) is 6.82. The molecule has 138 valence electrons. The number of nitrogens with one attached hydrogen (secondary N) is 3. The predicted octanol–water partition coefficient (Wildman–Crippen LogP) is 2.48. The first-order chi connectivity index (χ1) is 12.3. The molecule has 0 radical (unpaired) electrons. The summed E-state index contributed by atoms with van der Waals surface area (Å²) in [5.74, 6) is 0.160. The number of aryl methyl sites for hydroxylation is 1. The highest BCUT2D eigenvalue weighted by Crippen LogP contribution is 2.28. The topological polar surface area (TPSA) is 66.0 Å². The number of amides is 1. The van der Waals surface area contributed by atoms with Crippen molar-refractivity contribution in [2.45, 2.75) is 76.4 Å². The number of unbranched alkanes of at least 4 members (excludes halogenated alkanes) is 2. The summed E-state index contributed by atoms with van der Waals surface area (Å²) in [4.78, 5) is 17.5. The molecule has 3 unspecified atom stereocenters. The quantitative estimate of drug-likeness (QED) is 0.634. The molecular formula is C20H32N4O. The van der Waals surface area contributed by atoms with Crippen molar-refractivity contribution in [1.29, 1.82) is 0 Å². The molecule has 5 nitrogen and oxygen atoms in total. The van der Waals surface area contributed by atoms with E-state index in [4.69, 9.17) is 0 Å². The lowest BCUT2D eigenvalue weighted by Gasteiger charge is -2.30. The number of hydrogen-bond donors (Lipinski definition) is 3. The fraction of sp³-hybridized carbons (Fsp3) is 0.700. The zero-order chi connectivity index (χ0) is 17.5. The smallest absolute Gasteiger partial charge is 0.237 e. The lowest BCUT2D eigenvalue weighted by molar-refractivity contribution is -0.124. The highest BCUT2D eigenvalue weighted by Gasteiger charge is 2.28. The van der Waals surface area contributed by atoms with Crippen molar-refractivity contribution in [2.75, 3.05) is 13.1 Å². The molecule has 1 amide bonds. The average molecular weight is 345 g/mol.